The van der Waals surface area contributed by atoms with E-state index in [1.165, 1.54) is 0 Å². The smallest absolute Gasteiger partial charge is 0.339 e. The molecule has 1 aromatic carbocycles. The number of hydroxylamine groups is 1. The molecule has 158 valence electrons. The molecule has 2 atom stereocenters. The van der Waals surface area contributed by atoms with E-state index in [1.54, 1.807) is 6.07 Å². The van der Waals surface area contributed by atoms with Crippen LogP contribution in [0, 0.1) is 0 Å². The first kappa shape index (κ1) is 20.1. The Kier molecular flexibility index (Phi) is 5.26. The molecule has 29 heavy (non-hydrogen) atoms. The molecule has 0 bridgehead atoms. The predicted octanol–water partition coefficient (Wildman–Crippen LogP) is -1.13. The number of carbonyl (C=O) groups is 2. The molecule has 1 amide bonds. The molecule has 0 spiro atoms. The van der Waals surface area contributed by atoms with E-state index in [2.05, 4.69) is 5.48 Å². The van der Waals surface area contributed by atoms with Crippen molar-refractivity contribution in [2.24, 2.45) is 0 Å². The minimum absolute atomic E-state index is 0.00389. The summed E-state index contributed by atoms with van der Waals surface area (Å²) in [7, 11) is 0. The highest BCUT2D eigenvalue weighted by Crippen LogP contribution is 2.62. The largest absolute Gasteiger partial charge is 0.583 e. The molecule has 0 aromatic heterocycles. The Morgan fingerprint density at radius 3 is 2.72 bits per heavy atom. The highest BCUT2D eigenvalue weighted by Gasteiger charge is 2.52. The number of carboxylic acid groups (broad SMARTS) is 1. The fourth-order valence-corrected chi connectivity index (χ4v) is 4.47. The molecule has 3 aliphatic rings. The zero-order valence-electron chi connectivity index (χ0n) is 15.8. The van der Waals surface area contributed by atoms with Gasteiger partial charge < -0.3 is 25.0 Å². The third-order valence-corrected chi connectivity index (χ3v) is 5.92. The van der Waals surface area contributed by atoms with Gasteiger partial charge in [-0.05, 0) is 17.5 Å². The summed E-state index contributed by atoms with van der Waals surface area (Å²) in [4.78, 5) is 30.1. The Morgan fingerprint density at radius 2 is 2.03 bits per heavy atom. The average molecular weight is 407 g/mol. The third kappa shape index (κ3) is 3.96. The van der Waals surface area contributed by atoms with Crippen LogP contribution in [0.25, 0.3) is 0 Å². The van der Waals surface area contributed by atoms with Gasteiger partial charge in [-0.2, -0.15) is 0 Å². The van der Waals surface area contributed by atoms with Crippen molar-refractivity contribution in [2.45, 2.75) is 30.6 Å². The SMILES string of the molecule is O=C(CN1CC(Oc2ccc3c(c2C(=O)O)C[B-](O)(O)[C@@H]2C[C@H]32)C1)NOCCO. The zero-order chi connectivity index (χ0) is 20.8. The molecule has 1 saturated carbocycles. The Morgan fingerprint density at radius 1 is 1.28 bits per heavy atom. The number of aliphatic hydroxyl groups excluding tert-OH is 1. The second kappa shape index (κ2) is 7.58. The summed E-state index contributed by atoms with van der Waals surface area (Å²) in [6, 6.07) is 3.47. The number of rotatable bonds is 8. The minimum atomic E-state index is -2.59. The minimum Gasteiger partial charge on any atom is -0.583 e. The summed E-state index contributed by atoms with van der Waals surface area (Å²) in [5.74, 6) is -1.46. The van der Waals surface area contributed by atoms with Gasteiger partial charge >= 0.3 is 5.97 Å². The van der Waals surface area contributed by atoms with Crippen molar-refractivity contribution in [1.29, 1.82) is 0 Å². The fourth-order valence-electron chi connectivity index (χ4n) is 4.47. The van der Waals surface area contributed by atoms with E-state index in [-0.39, 0.29) is 61.1 Å². The first-order valence-corrected chi connectivity index (χ1v) is 9.71. The number of fused-ring (bicyclic) bond motifs is 3. The van der Waals surface area contributed by atoms with Gasteiger partial charge in [0.05, 0.1) is 19.8 Å². The number of carbonyl (C=O) groups excluding carboxylic acids is 1. The highest BCUT2D eigenvalue weighted by atomic mass is 16.7. The van der Waals surface area contributed by atoms with Crippen LogP contribution in [-0.2, 0) is 16.0 Å². The lowest BCUT2D eigenvalue weighted by Gasteiger charge is -2.39. The molecular formula is C18H24BN2O8-. The Labute approximate surface area is 167 Å². The lowest BCUT2D eigenvalue weighted by molar-refractivity contribution is -0.137. The standard InChI is InChI=1S/C18H24BN2O8/c22-3-4-28-20-16(23)9-21-7-10(8-21)29-15-2-1-11-12-5-14(12)19(26,27)6-13(11)17(15)18(24)25/h1-2,10,12,14,22,26-27H,3-9H2,(H,20,23)(H,24,25)/q-1/t12-,14-/m1/s1. The Bertz CT molecular complexity index is 826. The Hall–Kier alpha value is -2.18. The summed E-state index contributed by atoms with van der Waals surface area (Å²) in [6.45, 7) is -1.77. The van der Waals surface area contributed by atoms with Crippen LogP contribution in [-0.4, -0.2) is 82.5 Å². The quantitative estimate of drug-likeness (QED) is 0.205. The van der Waals surface area contributed by atoms with Crippen LogP contribution in [0.4, 0.5) is 0 Å². The molecule has 1 aliphatic carbocycles. The molecule has 1 saturated heterocycles. The molecule has 2 heterocycles. The molecule has 1 aromatic rings. The molecular weight excluding hydrogens is 383 g/mol. The van der Waals surface area contributed by atoms with Gasteiger partial charge in [0.15, 0.2) is 0 Å². The number of hydrogen-bond donors (Lipinski definition) is 5. The molecule has 5 N–H and O–H groups in total. The van der Waals surface area contributed by atoms with Crippen molar-refractivity contribution in [1.82, 2.24) is 10.4 Å². The Balaban J connectivity index is 1.39. The van der Waals surface area contributed by atoms with E-state index >= 15 is 0 Å². The number of carboxylic acids is 1. The van der Waals surface area contributed by atoms with E-state index in [4.69, 9.17) is 14.7 Å². The lowest BCUT2D eigenvalue weighted by atomic mass is 9.45. The predicted molar refractivity (Wildman–Crippen MR) is 100 cm³/mol. The van der Waals surface area contributed by atoms with Crippen molar-refractivity contribution in [2.75, 3.05) is 32.8 Å². The fraction of sp³-hybridized carbons (Fsp3) is 0.556. The number of aliphatic hydroxyl groups is 1. The number of ether oxygens (including phenoxy) is 1. The van der Waals surface area contributed by atoms with E-state index in [9.17, 15) is 24.7 Å². The first-order valence-electron chi connectivity index (χ1n) is 9.71. The van der Waals surface area contributed by atoms with Crippen LogP contribution in [0.15, 0.2) is 12.1 Å². The highest BCUT2D eigenvalue weighted by molar-refractivity contribution is 6.67. The van der Waals surface area contributed by atoms with E-state index in [0.717, 1.165) is 5.56 Å². The summed E-state index contributed by atoms with van der Waals surface area (Å²) < 4.78 is 5.86. The molecule has 11 heteroatoms. The van der Waals surface area contributed by atoms with Crippen LogP contribution < -0.4 is 10.2 Å². The molecule has 4 rings (SSSR count). The van der Waals surface area contributed by atoms with Crippen LogP contribution >= 0.6 is 0 Å². The molecule has 2 aliphatic heterocycles. The van der Waals surface area contributed by atoms with Crippen LogP contribution in [0.1, 0.15) is 33.8 Å². The first-order chi connectivity index (χ1) is 13.8. The maximum Gasteiger partial charge on any atom is 0.339 e. The number of hydrogen-bond acceptors (Lipinski definition) is 8. The normalized spacial score (nSPS) is 24.8. The number of nitrogens with one attached hydrogen (secondary N) is 1. The topological polar surface area (TPSA) is 149 Å². The maximum absolute atomic E-state index is 11.9. The zero-order valence-corrected chi connectivity index (χ0v) is 15.8. The van der Waals surface area contributed by atoms with Gasteiger partial charge in [0, 0.05) is 13.1 Å². The number of nitrogens with zero attached hydrogens (tertiary/aromatic N) is 1. The molecule has 0 unspecified atom stereocenters. The van der Waals surface area contributed by atoms with Gasteiger partial charge in [-0.3, -0.25) is 14.5 Å². The van der Waals surface area contributed by atoms with Gasteiger partial charge in [0.2, 0.25) is 6.55 Å². The average Bonchev–Trinajstić information content (AvgIpc) is 3.41. The molecule has 2 fully saturated rings. The molecule has 0 radical (unpaired) electrons. The van der Waals surface area contributed by atoms with Gasteiger partial charge in [0.1, 0.15) is 17.4 Å². The second-order valence-corrected chi connectivity index (χ2v) is 8.07. The number of amides is 1. The monoisotopic (exact) mass is 407 g/mol. The van der Waals surface area contributed by atoms with Crippen molar-refractivity contribution in [3.05, 3.63) is 28.8 Å². The van der Waals surface area contributed by atoms with Crippen molar-refractivity contribution >= 4 is 18.4 Å². The molecule has 10 nitrogen and oxygen atoms in total. The summed E-state index contributed by atoms with van der Waals surface area (Å²) in [6.07, 6.45) is 0.328. The van der Waals surface area contributed by atoms with E-state index < -0.39 is 12.5 Å². The van der Waals surface area contributed by atoms with Gasteiger partial charge in [-0.1, -0.05) is 24.4 Å². The van der Waals surface area contributed by atoms with Crippen LogP contribution in [0.5, 0.6) is 5.75 Å². The number of aromatic carboxylic acids is 1. The van der Waals surface area contributed by atoms with Crippen molar-refractivity contribution in [3.8, 4) is 5.75 Å². The summed E-state index contributed by atoms with van der Waals surface area (Å²) in [5, 5.41) is 38.9. The van der Waals surface area contributed by atoms with Crippen molar-refractivity contribution < 1.29 is 39.4 Å². The van der Waals surface area contributed by atoms with Gasteiger partial charge in [-0.15, -0.1) is 5.82 Å². The van der Waals surface area contributed by atoms with Crippen LogP contribution in [0.3, 0.4) is 0 Å². The summed E-state index contributed by atoms with van der Waals surface area (Å²) >= 11 is 0. The number of likely N-dealkylation sites (tertiary alicyclic amines) is 1. The van der Waals surface area contributed by atoms with Crippen LogP contribution in [0.2, 0.25) is 5.82 Å². The van der Waals surface area contributed by atoms with E-state index in [0.29, 0.717) is 25.1 Å². The second-order valence-electron chi connectivity index (χ2n) is 8.07. The van der Waals surface area contributed by atoms with Gasteiger partial charge in [0.25, 0.3) is 5.91 Å². The summed E-state index contributed by atoms with van der Waals surface area (Å²) in [5.41, 5.74) is 3.54. The van der Waals surface area contributed by atoms with E-state index in [1.807, 2.05) is 11.0 Å². The van der Waals surface area contributed by atoms with Crippen molar-refractivity contribution in [3.63, 3.8) is 0 Å². The third-order valence-electron chi connectivity index (χ3n) is 5.92. The maximum atomic E-state index is 11.9. The number of benzene rings is 1. The van der Waals surface area contributed by atoms with Gasteiger partial charge in [-0.25, -0.2) is 10.3 Å². The lowest BCUT2D eigenvalue weighted by Crippen LogP contribution is -2.56.